The molecule has 0 aliphatic carbocycles. The molecule has 0 unspecified atom stereocenters. The monoisotopic (exact) mass is 373 g/mol. The summed E-state index contributed by atoms with van der Waals surface area (Å²) < 4.78 is 6.19. The second kappa shape index (κ2) is 7.74. The molecule has 5 heteroatoms. The van der Waals surface area contributed by atoms with E-state index in [0.717, 1.165) is 15.6 Å². The van der Waals surface area contributed by atoms with Crippen molar-refractivity contribution in [3.8, 4) is 5.75 Å². The number of amides is 1. The van der Waals surface area contributed by atoms with Gasteiger partial charge >= 0.3 is 0 Å². The van der Waals surface area contributed by atoms with Gasteiger partial charge in [0.25, 0.3) is 5.91 Å². The maximum Gasteiger partial charge on any atom is 0.255 e. The van der Waals surface area contributed by atoms with Crippen LogP contribution in [0.2, 0.25) is 0 Å². The van der Waals surface area contributed by atoms with Crippen LogP contribution < -0.4 is 10.5 Å². The summed E-state index contributed by atoms with van der Waals surface area (Å²) >= 11 is 3.44. The van der Waals surface area contributed by atoms with E-state index in [4.69, 9.17) is 10.5 Å². The van der Waals surface area contributed by atoms with Crippen molar-refractivity contribution in [3.63, 3.8) is 0 Å². The van der Waals surface area contributed by atoms with Gasteiger partial charge in [-0.25, -0.2) is 0 Å². The Morgan fingerprint density at radius 2 is 1.96 bits per heavy atom. The fourth-order valence-electron chi connectivity index (χ4n) is 1.99. The van der Waals surface area contributed by atoms with Crippen LogP contribution in [0.15, 0.2) is 53.0 Å². The number of ether oxygens (including phenoxy) is 1. The Morgan fingerprint density at radius 3 is 2.61 bits per heavy atom. The second-order valence-electron chi connectivity index (χ2n) is 4.95. The molecule has 0 saturated heterocycles. The molecular weight excluding hydrogens is 358 g/mol. The number of rotatable bonds is 6. The molecule has 0 radical (unpaired) electrons. The average Bonchev–Trinajstić information content (AvgIpc) is 2.52. The Kier molecular flexibility index (Phi) is 5.71. The first-order chi connectivity index (χ1) is 11.0. The molecule has 0 fully saturated rings. The number of halogens is 1. The third kappa shape index (κ3) is 4.79. The van der Waals surface area contributed by atoms with E-state index < -0.39 is 5.91 Å². The predicted molar refractivity (Wildman–Crippen MR) is 93.4 cm³/mol. The lowest BCUT2D eigenvalue weighted by molar-refractivity contribution is -0.119. The number of ketones is 1. The highest BCUT2D eigenvalue weighted by molar-refractivity contribution is 9.10. The van der Waals surface area contributed by atoms with Crippen LogP contribution >= 0.6 is 15.9 Å². The molecule has 4 nitrogen and oxygen atoms in total. The van der Waals surface area contributed by atoms with Crippen LogP contribution in [0.5, 0.6) is 5.75 Å². The quantitative estimate of drug-likeness (QED) is 0.621. The Bertz CT molecular complexity index is 769. The Morgan fingerprint density at radius 1 is 1.22 bits per heavy atom. The van der Waals surface area contributed by atoms with Gasteiger partial charge in [0.1, 0.15) is 5.75 Å². The van der Waals surface area contributed by atoms with E-state index >= 15 is 0 Å². The molecule has 118 valence electrons. The van der Waals surface area contributed by atoms with Gasteiger partial charge in [-0.15, -0.1) is 0 Å². The summed E-state index contributed by atoms with van der Waals surface area (Å²) in [6, 6.07) is 12.7. The lowest BCUT2D eigenvalue weighted by Crippen LogP contribution is -2.20. The number of benzene rings is 2. The van der Waals surface area contributed by atoms with Crippen LogP contribution in [0.3, 0.4) is 0 Å². The molecule has 0 bridgehead atoms. The van der Waals surface area contributed by atoms with Crippen molar-refractivity contribution >= 4 is 33.7 Å². The van der Waals surface area contributed by atoms with Crippen molar-refractivity contribution in [2.75, 3.05) is 6.61 Å². The Hall–Kier alpha value is -2.40. The molecule has 2 aromatic rings. The summed E-state index contributed by atoms with van der Waals surface area (Å²) in [6.07, 6.45) is 3.29. The fraction of sp³-hybridized carbons (Fsp3) is 0.111. The molecule has 0 aliphatic heterocycles. The van der Waals surface area contributed by atoms with Crippen LogP contribution in [0.25, 0.3) is 6.08 Å². The Balaban J connectivity index is 2.12. The Labute approximate surface area is 143 Å². The summed E-state index contributed by atoms with van der Waals surface area (Å²) in [5.74, 6) is -0.110. The van der Waals surface area contributed by atoms with Gasteiger partial charge in [0, 0.05) is 10.0 Å². The van der Waals surface area contributed by atoms with Crippen LogP contribution in [0, 0.1) is 6.92 Å². The maximum atomic E-state index is 12.2. The summed E-state index contributed by atoms with van der Waals surface area (Å²) in [4.78, 5) is 23.0. The number of hydrogen-bond acceptors (Lipinski definition) is 3. The number of nitrogens with two attached hydrogens (primary N) is 1. The number of carbonyl (C=O) groups is 2. The van der Waals surface area contributed by atoms with Crippen molar-refractivity contribution in [2.45, 2.75) is 6.92 Å². The number of allylic oxidation sites excluding steroid dienone is 1. The second-order valence-corrected chi connectivity index (χ2v) is 5.81. The summed E-state index contributed by atoms with van der Waals surface area (Å²) in [5.41, 5.74) is 7.30. The van der Waals surface area contributed by atoms with Gasteiger partial charge in [-0.2, -0.15) is 0 Å². The SMILES string of the molecule is Cc1cc(C(=O)/C=C/c2ccccc2Br)ccc1OCC(N)=O. The van der Waals surface area contributed by atoms with Crippen molar-refractivity contribution in [3.05, 3.63) is 69.7 Å². The van der Waals surface area contributed by atoms with E-state index in [1.54, 1.807) is 24.3 Å². The minimum Gasteiger partial charge on any atom is -0.484 e. The molecule has 0 atom stereocenters. The molecule has 23 heavy (non-hydrogen) atoms. The van der Waals surface area contributed by atoms with Gasteiger partial charge in [-0.3, -0.25) is 9.59 Å². The number of aryl methyl sites for hydroxylation is 1. The zero-order valence-corrected chi connectivity index (χ0v) is 14.2. The van der Waals surface area contributed by atoms with E-state index in [0.29, 0.717) is 11.3 Å². The van der Waals surface area contributed by atoms with Crippen molar-refractivity contribution in [2.24, 2.45) is 5.73 Å². The van der Waals surface area contributed by atoms with Crippen molar-refractivity contribution in [1.82, 2.24) is 0 Å². The van der Waals surface area contributed by atoms with Crippen molar-refractivity contribution in [1.29, 1.82) is 0 Å². The molecular formula is C18H16BrNO3. The number of primary amides is 1. The largest absolute Gasteiger partial charge is 0.484 e. The zero-order chi connectivity index (χ0) is 16.8. The highest BCUT2D eigenvalue weighted by Gasteiger charge is 2.07. The van der Waals surface area contributed by atoms with Gasteiger partial charge < -0.3 is 10.5 Å². The van der Waals surface area contributed by atoms with E-state index in [1.807, 2.05) is 31.2 Å². The highest BCUT2D eigenvalue weighted by atomic mass is 79.9. The summed E-state index contributed by atoms with van der Waals surface area (Å²) in [7, 11) is 0. The van der Waals surface area contributed by atoms with Crippen LogP contribution in [0.4, 0.5) is 0 Å². The molecule has 0 saturated carbocycles. The molecule has 2 aromatic carbocycles. The van der Waals surface area contributed by atoms with Crippen molar-refractivity contribution < 1.29 is 14.3 Å². The van der Waals surface area contributed by atoms with Gasteiger partial charge in [0.2, 0.25) is 0 Å². The smallest absolute Gasteiger partial charge is 0.255 e. The van der Waals surface area contributed by atoms with Gasteiger partial charge in [0.05, 0.1) is 0 Å². The van der Waals surface area contributed by atoms with E-state index in [2.05, 4.69) is 15.9 Å². The van der Waals surface area contributed by atoms with Gasteiger partial charge in [-0.1, -0.05) is 34.1 Å². The van der Waals surface area contributed by atoms with Crippen LogP contribution in [-0.2, 0) is 4.79 Å². The summed E-state index contributed by atoms with van der Waals surface area (Å²) in [5, 5.41) is 0. The first-order valence-corrected chi connectivity index (χ1v) is 7.75. The highest BCUT2D eigenvalue weighted by Crippen LogP contribution is 2.21. The third-order valence-corrected chi connectivity index (χ3v) is 3.87. The maximum absolute atomic E-state index is 12.2. The van der Waals surface area contributed by atoms with E-state index in [1.165, 1.54) is 6.08 Å². The lowest BCUT2D eigenvalue weighted by Gasteiger charge is -2.08. The molecule has 0 spiro atoms. The first-order valence-electron chi connectivity index (χ1n) is 6.96. The molecule has 2 N–H and O–H groups in total. The van der Waals surface area contributed by atoms with E-state index in [-0.39, 0.29) is 12.4 Å². The number of hydrogen-bond donors (Lipinski definition) is 1. The third-order valence-electron chi connectivity index (χ3n) is 3.15. The first kappa shape index (κ1) is 17.0. The standard InChI is InChI=1S/C18H16BrNO3/c1-12-10-14(7-9-17(12)23-11-18(20)22)16(21)8-6-13-4-2-3-5-15(13)19/h2-10H,11H2,1H3,(H2,20,22)/b8-6+. The molecule has 0 aliphatic rings. The molecule has 2 rings (SSSR count). The van der Waals surface area contributed by atoms with E-state index in [9.17, 15) is 9.59 Å². The van der Waals surface area contributed by atoms with Crippen LogP contribution in [0.1, 0.15) is 21.5 Å². The molecule has 0 aromatic heterocycles. The fourth-order valence-corrected chi connectivity index (χ4v) is 2.40. The number of carbonyl (C=O) groups excluding carboxylic acids is 2. The van der Waals surface area contributed by atoms with Gasteiger partial charge in [-0.05, 0) is 54.5 Å². The lowest BCUT2D eigenvalue weighted by atomic mass is 10.1. The molecule has 0 heterocycles. The normalized spacial score (nSPS) is 10.7. The molecule has 1 amide bonds. The minimum atomic E-state index is -0.541. The average molecular weight is 374 g/mol. The predicted octanol–water partition coefficient (Wildman–Crippen LogP) is 3.52. The zero-order valence-electron chi connectivity index (χ0n) is 12.6. The topological polar surface area (TPSA) is 69.4 Å². The minimum absolute atomic E-state index is 0.106. The van der Waals surface area contributed by atoms with Crippen LogP contribution in [-0.4, -0.2) is 18.3 Å². The van der Waals surface area contributed by atoms with Gasteiger partial charge in [0.15, 0.2) is 12.4 Å². The summed E-state index contributed by atoms with van der Waals surface area (Å²) in [6.45, 7) is 1.63.